The molecule has 9 heteroatoms. The van der Waals surface area contributed by atoms with Crippen molar-refractivity contribution in [3.63, 3.8) is 0 Å². The van der Waals surface area contributed by atoms with Gasteiger partial charge in [0, 0.05) is 6.07 Å². The van der Waals surface area contributed by atoms with Crippen LogP contribution in [0.25, 0.3) is 6.08 Å². The number of aliphatic hydroxyl groups excluding tert-OH is 1. The van der Waals surface area contributed by atoms with Crippen LogP contribution >= 0.6 is 11.8 Å². The number of methoxy groups -OCH3 is 3. The summed E-state index contributed by atoms with van der Waals surface area (Å²) in [5.74, 6) is 1.45. The van der Waals surface area contributed by atoms with Gasteiger partial charge in [-0.05, 0) is 35.9 Å². The minimum absolute atomic E-state index is 0.00530. The van der Waals surface area contributed by atoms with E-state index in [1.54, 1.807) is 43.5 Å². The summed E-state index contributed by atoms with van der Waals surface area (Å²) in [6.07, 6.45) is 1.74. The number of ether oxygens (including phenoxy) is 5. The second-order valence-corrected chi connectivity index (χ2v) is 7.43. The molecule has 0 spiro atoms. The van der Waals surface area contributed by atoms with E-state index in [-0.39, 0.29) is 18.1 Å². The second kappa shape index (κ2) is 8.65. The highest BCUT2D eigenvalue weighted by Gasteiger charge is 2.33. The number of nitrogens with zero attached hydrogens (tertiary/aromatic N) is 1. The van der Waals surface area contributed by atoms with Crippen LogP contribution in [0.1, 0.15) is 5.56 Å². The first-order valence-corrected chi connectivity index (χ1v) is 9.98. The zero-order chi connectivity index (χ0) is 22.0. The van der Waals surface area contributed by atoms with E-state index in [9.17, 15) is 9.90 Å². The lowest BCUT2D eigenvalue weighted by molar-refractivity contribution is -0.135. The third-order valence-electron chi connectivity index (χ3n) is 4.57. The fraction of sp³-hybridized carbons (Fsp3) is 0.182. The van der Waals surface area contributed by atoms with Gasteiger partial charge in [0.2, 0.25) is 6.79 Å². The predicted octanol–water partition coefficient (Wildman–Crippen LogP) is 4.24. The van der Waals surface area contributed by atoms with E-state index in [1.165, 1.54) is 14.2 Å². The Morgan fingerprint density at radius 2 is 1.84 bits per heavy atom. The monoisotopic (exact) mass is 441 g/mol. The average Bonchev–Trinajstić information content (AvgIpc) is 3.37. The molecule has 2 aliphatic rings. The highest BCUT2D eigenvalue weighted by molar-refractivity contribution is 8.18. The minimum atomic E-state index is -0.682. The fourth-order valence-corrected chi connectivity index (χ4v) is 4.09. The van der Waals surface area contributed by atoms with Crippen molar-refractivity contribution in [2.75, 3.05) is 28.1 Å². The summed E-state index contributed by atoms with van der Waals surface area (Å²) < 4.78 is 26.1. The van der Waals surface area contributed by atoms with Crippen LogP contribution < -0.4 is 18.9 Å². The maximum Gasteiger partial charge on any atom is 0.344 e. The van der Waals surface area contributed by atoms with Crippen molar-refractivity contribution in [1.29, 1.82) is 0 Å². The zero-order valence-electron chi connectivity index (χ0n) is 17.0. The smallest absolute Gasteiger partial charge is 0.344 e. The Labute approximate surface area is 182 Å². The van der Waals surface area contributed by atoms with Gasteiger partial charge in [-0.15, -0.1) is 0 Å². The van der Waals surface area contributed by atoms with Crippen LogP contribution in [0, 0.1) is 0 Å². The molecule has 0 amide bonds. The van der Waals surface area contributed by atoms with E-state index in [0.717, 1.165) is 17.3 Å². The number of aliphatic imine (C=N–C) groups is 1. The Bertz CT molecular complexity index is 1140. The van der Waals surface area contributed by atoms with Gasteiger partial charge >= 0.3 is 5.97 Å². The van der Waals surface area contributed by atoms with Crippen LogP contribution in [0.4, 0.5) is 5.69 Å². The van der Waals surface area contributed by atoms with Crippen molar-refractivity contribution in [3.8, 4) is 23.0 Å². The van der Waals surface area contributed by atoms with Gasteiger partial charge in [-0.3, -0.25) is 0 Å². The average molecular weight is 441 g/mol. The topological polar surface area (TPSA) is 95.8 Å². The SMILES string of the molecule is COC(=O)C1=C(O)/C(=C\c2ccc3c(c2)OCO3)SC1=Nc1ccc(OC)c(OC)c1. The molecular formula is C22H19NO7S. The van der Waals surface area contributed by atoms with Crippen LogP contribution in [-0.4, -0.2) is 44.2 Å². The lowest BCUT2D eigenvalue weighted by atomic mass is 10.1. The summed E-state index contributed by atoms with van der Waals surface area (Å²) in [6, 6.07) is 10.5. The molecule has 2 aliphatic heterocycles. The maximum absolute atomic E-state index is 12.4. The minimum Gasteiger partial charge on any atom is -0.506 e. The van der Waals surface area contributed by atoms with Gasteiger partial charge in [0.1, 0.15) is 16.4 Å². The standard InChI is InChI=1S/C22H19NO7S/c1-26-14-7-5-13(10-16(14)27-2)23-21-19(22(25)28-3)20(24)18(31-21)9-12-4-6-15-17(8-12)30-11-29-15/h4-10,24H,11H2,1-3H3/b18-9+,23-21?. The summed E-state index contributed by atoms with van der Waals surface area (Å²) in [6.45, 7) is 0.171. The van der Waals surface area contributed by atoms with Crippen LogP contribution in [0.15, 0.2) is 57.6 Å². The van der Waals surface area contributed by atoms with Gasteiger partial charge in [0.25, 0.3) is 0 Å². The van der Waals surface area contributed by atoms with Crippen LogP contribution in [-0.2, 0) is 9.53 Å². The number of hydrogen-bond acceptors (Lipinski definition) is 9. The van der Waals surface area contributed by atoms with Crippen molar-refractivity contribution >= 4 is 34.5 Å². The molecule has 160 valence electrons. The summed E-state index contributed by atoms with van der Waals surface area (Å²) in [5.41, 5.74) is 1.29. The first kappa shape index (κ1) is 20.7. The van der Waals surface area contributed by atoms with Gasteiger partial charge in [-0.25, -0.2) is 9.79 Å². The van der Waals surface area contributed by atoms with Crippen molar-refractivity contribution in [1.82, 2.24) is 0 Å². The number of carbonyl (C=O) groups is 1. The van der Waals surface area contributed by atoms with Crippen LogP contribution in [0.3, 0.4) is 0 Å². The largest absolute Gasteiger partial charge is 0.506 e. The summed E-state index contributed by atoms with van der Waals surface area (Å²) in [4.78, 5) is 17.3. The van der Waals surface area contributed by atoms with Crippen LogP contribution in [0.5, 0.6) is 23.0 Å². The number of carbonyl (C=O) groups excluding carboxylic acids is 1. The lowest BCUT2D eigenvalue weighted by Crippen LogP contribution is -2.10. The molecule has 0 unspecified atom stereocenters. The van der Waals surface area contributed by atoms with Crippen molar-refractivity contribution in [2.45, 2.75) is 0 Å². The van der Waals surface area contributed by atoms with Crippen molar-refractivity contribution in [3.05, 3.63) is 58.2 Å². The highest BCUT2D eigenvalue weighted by Crippen LogP contribution is 2.42. The molecule has 2 aromatic carbocycles. The van der Waals surface area contributed by atoms with E-state index in [0.29, 0.717) is 38.6 Å². The molecular weight excluding hydrogens is 422 g/mol. The molecule has 0 aromatic heterocycles. The normalized spacial score (nSPS) is 17.4. The molecule has 31 heavy (non-hydrogen) atoms. The Hall–Kier alpha value is -3.59. The van der Waals surface area contributed by atoms with Gasteiger partial charge < -0.3 is 28.8 Å². The molecule has 0 saturated heterocycles. The third kappa shape index (κ3) is 4.04. The molecule has 0 bridgehead atoms. The molecule has 0 saturated carbocycles. The van der Waals surface area contributed by atoms with Gasteiger partial charge in [0.15, 0.2) is 23.0 Å². The van der Waals surface area contributed by atoms with E-state index in [4.69, 9.17) is 23.7 Å². The molecule has 2 aromatic rings. The molecule has 0 aliphatic carbocycles. The molecule has 4 rings (SSSR count). The maximum atomic E-state index is 12.4. The molecule has 0 atom stereocenters. The van der Waals surface area contributed by atoms with Crippen LogP contribution in [0.2, 0.25) is 0 Å². The summed E-state index contributed by atoms with van der Waals surface area (Å²) in [7, 11) is 4.32. The molecule has 2 heterocycles. The number of esters is 1. The Morgan fingerprint density at radius 1 is 1.06 bits per heavy atom. The Kier molecular flexibility index (Phi) is 5.77. The predicted molar refractivity (Wildman–Crippen MR) is 116 cm³/mol. The van der Waals surface area contributed by atoms with E-state index < -0.39 is 5.97 Å². The number of benzene rings is 2. The number of rotatable bonds is 5. The molecule has 0 fully saturated rings. The van der Waals surface area contributed by atoms with E-state index in [1.807, 2.05) is 6.07 Å². The molecule has 1 N–H and O–H groups in total. The number of aliphatic hydroxyl groups is 1. The Morgan fingerprint density at radius 3 is 2.58 bits per heavy atom. The zero-order valence-corrected chi connectivity index (χ0v) is 17.8. The first-order valence-electron chi connectivity index (χ1n) is 9.16. The van der Waals surface area contributed by atoms with Crippen molar-refractivity contribution in [2.24, 2.45) is 4.99 Å². The van der Waals surface area contributed by atoms with Crippen molar-refractivity contribution < 1.29 is 33.6 Å². The summed E-state index contributed by atoms with van der Waals surface area (Å²) >= 11 is 1.16. The van der Waals surface area contributed by atoms with Gasteiger partial charge in [0.05, 0.1) is 31.9 Å². The Balaban J connectivity index is 1.72. The van der Waals surface area contributed by atoms with Gasteiger partial charge in [-0.1, -0.05) is 17.8 Å². The third-order valence-corrected chi connectivity index (χ3v) is 5.59. The quantitative estimate of drug-likeness (QED) is 0.689. The number of fused-ring (bicyclic) bond motifs is 1. The van der Waals surface area contributed by atoms with Gasteiger partial charge in [-0.2, -0.15) is 0 Å². The lowest BCUT2D eigenvalue weighted by Gasteiger charge is -2.08. The highest BCUT2D eigenvalue weighted by atomic mass is 32.2. The summed E-state index contributed by atoms with van der Waals surface area (Å²) in [5, 5.41) is 11.1. The second-order valence-electron chi connectivity index (χ2n) is 6.39. The fourth-order valence-electron chi connectivity index (χ4n) is 3.06. The number of thioether (sulfide) groups is 1. The molecule has 8 nitrogen and oxygen atoms in total. The van der Waals surface area contributed by atoms with E-state index >= 15 is 0 Å². The van der Waals surface area contributed by atoms with E-state index in [2.05, 4.69) is 4.99 Å². The number of hydrogen-bond donors (Lipinski definition) is 1. The first-order chi connectivity index (χ1) is 15.0. The molecule has 0 radical (unpaired) electrons.